The number of nitrogens with zero attached hydrogens (tertiary/aromatic N) is 1. The van der Waals surface area contributed by atoms with Crippen LogP contribution in [0.1, 0.15) is 10.4 Å². The number of hydrogen-bond donors (Lipinski definition) is 1. The highest BCUT2D eigenvalue weighted by atomic mass is 79.9. The fourth-order valence-electron chi connectivity index (χ4n) is 1.48. The van der Waals surface area contributed by atoms with Gasteiger partial charge in [0.25, 0.3) is 0 Å². The Morgan fingerprint density at radius 2 is 2.38 bits per heavy atom. The summed E-state index contributed by atoms with van der Waals surface area (Å²) < 4.78 is 1.02. The summed E-state index contributed by atoms with van der Waals surface area (Å²) in [7, 11) is 0. The maximum Gasteiger partial charge on any atom is 0.128 e. The van der Waals surface area contributed by atoms with Crippen LogP contribution in [0.5, 0.6) is 0 Å². The van der Waals surface area contributed by atoms with E-state index in [0.717, 1.165) is 23.3 Å². The highest BCUT2D eigenvalue weighted by Crippen LogP contribution is 2.17. The first-order valence-corrected chi connectivity index (χ1v) is 6.81. The Kier molecular flexibility index (Phi) is 3.96. The molecule has 0 atom stereocenters. The third kappa shape index (κ3) is 3.06. The van der Waals surface area contributed by atoms with Crippen LogP contribution in [-0.2, 0) is 6.42 Å². The van der Waals surface area contributed by atoms with Crippen LogP contribution >= 0.6 is 27.3 Å². The summed E-state index contributed by atoms with van der Waals surface area (Å²) in [4.78, 5) is 5.75. The van der Waals surface area contributed by atoms with Crippen LogP contribution in [0, 0.1) is 6.92 Å². The number of hydrogen-bond acceptors (Lipinski definition) is 3. The van der Waals surface area contributed by atoms with Crippen molar-refractivity contribution in [1.82, 2.24) is 4.98 Å². The van der Waals surface area contributed by atoms with Gasteiger partial charge >= 0.3 is 0 Å². The minimum atomic E-state index is 0.927. The van der Waals surface area contributed by atoms with Crippen LogP contribution in [0.4, 0.5) is 5.82 Å². The largest absolute Gasteiger partial charge is 0.369 e. The van der Waals surface area contributed by atoms with Crippen molar-refractivity contribution in [3.63, 3.8) is 0 Å². The zero-order chi connectivity index (χ0) is 11.4. The van der Waals surface area contributed by atoms with Gasteiger partial charge in [-0.15, -0.1) is 11.3 Å². The lowest BCUT2D eigenvalue weighted by Gasteiger charge is -2.07. The molecule has 0 aliphatic heterocycles. The Bertz CT molecular complexity index is 454. The fraction of sp³-hybridized carbons (Fsp3) is 0.250. The molecule has 2 heterocycles. The zero-order valence-electron chi connectivity index (χ0n) is 9.03. The lowest BCUT2D eigenvalue weighted by Crippen LogP contribution is -2.06. The third-order valence-electron chi connectivity index (χ3n) is 2.29. The molecule has 2 nitrogen and oxygen atoms in total. The molecule has 0 aromatic carbocycles. The highest BCUT2D eigenvalue weighted by Gasteiger charge is 2.00. The first kappa shape index (κ1) is 11.6. The molecule has 0 aliphatic carbocycles. The van der Waals surface area contributed by atoms with E-state index in [1.165, 1.54) is 10.4 Å². The van der Waals surface area contributed by atoms with Crippen molar-refractivity contribution < 1.29 is 0 Å². The van der Waals surface area contributed by atoms with Crippen LogP contribution in [0.2, 0.25) is 0 Å². The molecule has 0 bridgehead atoms. The molecule has 0 fully saturated rings. The van der Waals surface area contributed by atoms with Gasteiger partial charge in [-0.05, 0) is 52.4 Å². The molecule has 0 saturated carbocycles. The van der Waals surface area contributed by atoms with E-state index in [1.54, 1.807) is 11.3 Å². The Hall–Kier alpha value is -0.870. The number of thiophene rings is 1. The van der Waals surface area contributed by atoms with E-state index in [0.29, 0.717) is 0 Å². The van der Waals surface area contributed by atoms with Gasteiger partial charge in [-0.25, -0.2) is 4.98 Å². The molecule has 2 aromatic heterocycles. The minimum absolute atomic E-state index is 0.927. The van der Waals surface area contributed by atoms with E-state index < -0.39 is 0 Å². The van der Waals surface area contributed by atoms with E-state index in [4.69, 9.17) is 0 Å². The van der Waals surface area contributed by atoms with Crippen molar-refractivity contribution in [1.29, 1.82) is 0 Å². The van der Waals surface area contributed by atoms with Crippen LogP contribution in [0.25, 0.3) is 0 Å². The number of anilines is 1. The Balaban J connectivity index is 1.90. The standard InChI is InChI=1S/C12H13BrN2S/c1-9-7-10(13)8-15-12(9)14-5-4-11-3-2-6-16-11/h2-3,6-8H,4-5H2,1H3,(H,14,15). The predicted octanol–water partition coefficient (Wildman–Crippen LogP) is 3.87. The van der Waals surface area contributed by atoms with Gasteiger partial charge in [-0.1, -0.05) is 6.07 Å². The van der Waals surface area contributed by atoms with Crippen molar-refractivity contribution >= 4 is 33.1 Å². The van der Waals surface area contributed by atoms with Crippen molar-refractivity contribution in [2.45, 2.75) is 13.3 Å². The maximum atomic E-state index is 4.34. The average Bonchev–Trinajstić information content (AvgIpc) is 2.74. The summed E-state index contributed by atoms with van der Waals surface area (Å²) in [5.74, 6) is 0.972. The summed E-state index contributed by atoms with van der Waals surface area (Å²) in [6, 6.07) is 6.32. The Morgan fingerprint density at radius 1 is 1.50 bits per heavy atom. The summed E-state index contributed by atoms with van der Waals surface area (Å²) in [6.45, 7) is 2.99. The first-order valence-electron chi connectivity index (χ1n) is 5.14. The van der Waals surface area contributed by atoms with Crippen molar-refractivity contribution in [2.24, 2.45) is 0 Å². The molecular weight excluding hydrogens is 284 g/mol. The number of rotatable bonds is 4. The molecule has 16 heavy (non-hydrogen) atoms. The number of halogens is 1. The molecule has 0 aliphatic rings. The van der Waals surface area contributed by atoms with E-state index in [1.807, 2.05) is 6.20 Å². The Morgan fingerprint density at radius 3 is 3.06 bits per heavy atom. The second-order valence-electron chi connectivity index (χ2n) is 3.58. The molecule has 4 heteroatoms. The number of pyridine rings is 1. The van der Waals surface area contributed by atoms with Gasteiger partial charge in [0.05, 0.1) is 0 Å². The van der Waals surface area contributed by atoms with Gasteiger partial charge in [0.1, 0.15) is 5.82 Å². The van der Waals surface area contributed by atoms with E-state index >= 15 is 0 Å². The molecule has 0 amide bonds. The molecule has 2 aromatic rings. The molecule has 0 unspecified atom stereocenters. The summed E-state index contributed by atoms with van der Waals surface area (Å²) in [5, 5.41) is 5.46. The van der Waals surface area contributed by atoms with Gasteiger partial charge in [-0.3, -0.25) is 0 Å². The number of aryl methyl sites for hydroxylation is 1. The van der Waals surface area contributed by atoms with Gasteiger partial charge in [0.2, 0.25) is 0 Å². The monoisotopic (exact) mass is 296 g/mol. The van der Waals surface area contributed by atoms with Gasteiger partial charge in [0, 0.05) is 22.1 Å². The predicted molar refractivity (Wildman–Crippen MR) is 73.2 cm³/mol. The highest BCUT2D eigenvalue weighted by molar-refractivity contribution is 9.10. The Labute approximate surface area is 108 Å². The third-order valence-corrected chi connectivity index (χ3v) is 3.66. The normalized spacial score (nSPS) is 10.4. The lowest BCUT2D eigenvalue weighted by molar-refractivity contribution is 1.02. The first-order chi connectivity index (χ1) is 7.75. The molecular formula is C12H13BrN2S. The summed E-state index contributed by atoms with van der Waals surface area (Å²) in [6.07, 6.45) is 2.87. The van der Waals surface area contributed by atoms with Crippen molar-refractivity contribution in [3.8, 4) is 0 Å². The maximum absolute atomic E-state index is 4.34. The second-order valence-corrected chi connectivity index (χ2v) is 5.52. The molecule has 2 rings (SSSR count). The molecule has 0 saturated heterocycles. The van der Waals surface area contributed by atoms with Crippen LogP contribution in [0.15, 0.2) is 34.2 Å². The summed E-state index contributed by atoms with van der Waals surface area (Å²) >= 11 is 5.20. The quantitative estimate of drug-likeness (QED) is 0.926. The molecule has 1 N–H and O–H groups in total. The van der Waals surface area contributed by atoms with Crippen LogP contribution < -0.4 is 5.32 Å². The molecule has 0 radical (unpaired) electrons. The molecule has 84 valence electrons. The zero-order valence-corrected chi connectivity index (χ0v) is 11.4. The average molecular weight is 297 g/mol. The lowest BCUT2D eigenvalue weighted by atomic mass is 10.3. The minimum Gasteiger partial charge on any atom is -0.369 e. The van der Waals surface area contributed by atoms with E-state index in [-0.39, 0.29) is 0 Å². The second kappa shape index (κ2) is 5.46. The smallest absolute Gasteiger partial charge is 0.128 e. The SMILES string of the molecule is Cc1cc(Br)cnc1NCCc1cccs1. The van der Waals surface area contributed by atoms with E-state index in [2.05, 4.69) is 56.7 Å². The number of aromatic nitrogens is 1. The molecule has 0 spiro atoms. The summed E-state index contributed by atoms with van der Waals surface area (Å²) in [5.41, 5.74) is 1.17. The van der Waals surface area contributed by atoms with Crippen molar-refractivity contribution in [3.05, 3.63) is 44.7 Å². The van der Waals surface area contributed by atoms with Gasteiger partial charge in [0.15, 0.2) is 0 Å². The van der Waals surface area contributed by atoms with Crippen LogP contribution in [0.3, 0.4) is 0 Å². The van der Waals surface area contributed by atoms with E-state index in [9.17, 15) is 0 Å². The van der Waals surface area contributed by atoms with Crippen molar-refractivity contribution in [2.75, 3.05) is 11.9 Å². The van der Waals surface area contributed by atoms with Gasteiger partial charge < -0.3 is 5.32 Å². The number of nitrogens with one attached hydrogen (secondary N) is 1. The fourth-order valence-corrected chi connectivity index (χ4v) is 2.64. The van der Waals surface area contributed by atoms with Crippen LogP contribution in [-0.4, -0.2) is 11.5 Å². The topological polar surface area (TPSA) is 24.9 Å². The van der Waals surface area contributed by atoms with Gasteiger partial charge in [-0.2, -0.15) is 0 Å².